The number of carbonyl (C=O) groups is 6. The van der Waals surface area contributed by atoms with E-state index in [9.17, 15) is 39.0 Å². The zero-order valence-corrected chi connectivity index (χ0v) is 23.0. The van der Waals surface area contributed by atoms with Crippen molar-refractivity contribution >= 4 is 35.6 Å². The quantitative estimate of drug-likeness (QED) is 0.0963. The average Bonchev–Trinajstić information content (AvgIpc) is 3.08. The van der Waals surface area contributed by atoms with Crippen LogP contribution in [-0.4, -0.2) is 143 Å². The van der Waals surface area contributed by atoms with Gasteiger partial charge in [-0.25, -0.2) is 0 Å². The summed E-state index contributed by atoms with van der Waals surface area (Å²) in [5.41, 5.74) is 0. The van der Waals surface area contributed by atoms with E-state index in [1.807, 2.05) is 6.92 Å². The first kappa shape index (κ1) is 33.9. The number of carbonyl (C=O) groups excluding carboxylic acids is 3. The maximum absolute atomic E-state index is 12.7. The van der Waals surface area contributed by atoms with Gasteiger partial charge in [0.2, 0.25) is 17.7 Å². The highest BCUT2D eigenvalue weighted by atomic mass is 16.4. The molecule has 0 saturated carbocycles. The highest BCUT2D eigenvalue weighted by Gasteiger charge is 2.35. The Morgan fingerprint density at radius 3 is 1.82 bits per heavy atom. The van der Waals surface area contributed by atoms with E-state index in [4.69, 9.17) is 5.11 Å². The third-order valence-electron chi connectivity index (χ3n) is 6.33. The van der Waals surface area contributed by atoms with E-state index in [0.29, 0.717) is 52.1 Å². The fourth-order valence-electron chi connectivity index (χ4n) is 4.34. The predicted molar refractivity (Wildman–Crippen MR) is 140 cm³/mol. The van der Waals surface area contributed by atoms with E-state index in [-0.39, 0.29) is 69.2 Å². The second-order valence-corrected chi connectivity index (χ2v) is 9.81. The number of rotatable bonds is 22. The van der Waals surface area contributed by atoms with Crippen molar-refractivity contribution in [2.24, 2.45) is 5.92 Å². The molecule has 0 bridgehead atoms. The molecule has 1 aliphatic heterocycles. The molecule has 0 radical (unpaired) electrons. The molecule has 0 aromatic rings. The molecular weight excluding hydrogens is 514 g/mol. The summed E-state index contributed by atoms with van der Waals surface area (Å²) in [5, 5.41) is 30.0. The van der Waals surface area contributed by atoms with Crippen LogP contribution in [0.2, 0.25) is 0 Å². The van der Waals surface area contributed by atoms with Crippen LogP contribution in [0.4, 0.5) is 0 Å². The monoisotopic (exact) mass is 557 g/mol. The Morgan fingerprint density at radius 2 is 1.36 bits per heavy atom. The van der Waals surface area contributed by atoms with Gasteiger partial charge < -0.3 is 20.6 Å². The van der Waals surface area contributed by atoms with E-state index in [2.05, 4.69) is 5.32 Å². The number of imide groups is 1. The number of hydrogen-bond donors (Lipinski definition) is 4. The van der Waals surface area contributed by atoms with E-state index < -0.39 is 17.9 Å². The van der Waals surface area contributed by atoms with Crippen LogP contribution in [0.15, 0.2) is 0 Å². The molecule has 0 aliphatic carbocycles. The minimum Gasteiger partial charge on any atom is -0.481 e. The third kappa shape index (κ3) is 14.6. The Kier molecular flexibility index (Phi) is 15.9. The molecule has 1 fully saturated rings. The number of nitrogens with zero attached hydrogens (tertiary/aromatic N) is 4. The van der Waals surface area contributed by atoms with Gasteiger partial charge in [0.1, 0.15) is 0 Å². The first-order chi connectivity index (χ1) is 18.4. The first-order valence-corrected chi connectivity index (χ1v) is 13.4. The molecule has 3 amide bonds. The number of hydrogen-bond acceptors (Lipinski definition) is 9. The Balaban J connectivity index is 2.74. The molecule has 14 heteroatoms. The fraction of sp³-hybridized carbons (Fsp3) is 0.760. The molecule has 1 unspecified atom stereocenters. The lowest BCUT2D eigenvalue weighted by Gasteiger charge is -2.29. The summed E-state index contributed by atoms with van der Waals surface area (Å²) >= 11 is 0. The van der Waals surface area contributed by atoms with E-state index in [0.717, 1.165) is 11.3 Å². The summed E-state index contributed by atoms with van der Waals surface area (Å²) in [7, 11) is 0. The van der Waals surface area contributed by atoms with Crippen LogP contribution in [0.5, 0.6) is 0 Å². The van der Waals surface area contributed by atoms with Crippen LogP contribution in [0, 0.1) is 5.92 Å². The van der Waals surface area contributed by atoms with Gasteiger partial charge in [0, 0.05) is 58.0 Å². The van der Waals surface area contributed by atoms with Crippen LogP contribution >= 0.6 is 0 Å². The predicted octanol–water partition coefficient (Wildman–Crippen LogP) is -0.762. The summed E-state index contributed by atoms with van der Waals surface area (Å²) in [6.07, 6.45) is 1.84. The summed E-state index contributed by atoms with van der Waals surface area (Å²) < 4.78 is 0. The van der Waals surface area contributed by atoms with E-state index >= 15 is 0 Å². The van der Waals surface area contributed by atoms with Crippen molar-refractivity contribution in [3.63, 3.8) is 0 Å². The minimum absolute atomic E-state index is 0.00240. The van der Waals surface area contributed by atoms with Gasteiger partial charge in [0.05, 0.1) is 19.6 Å². The molecular formula is C25H43N5O9. The van der Waals surface area contributed by atoms with Crippen molar-refractivity contribution in [2.45, 2.75) is 46.0 Å². The average molecular weight is 558 g/mol. The molecule has 1 heterocycles. The highest BCUT2D eigenvalue weighted by molar-refractivity contribution is 6.03. The zero-order chi connectivity index (χ0) is 29.4. The molecule has 14 nitrogen and oxygen atoms in total. The van der Waals surface area contributed by atoms with Crippen molar-refractivity contribution in [1.82, 2.24) is 24.9 Å². The lowest BCUT2D eigenvalue weighted by atomic mass is 10.1. The van der Waals surface area contributed by atoms with Crippen LogP contribution in [-0.2, 0) is 28.8 Å². The molecule has 4 N–H and O–H groups in total. The molecule has 1 saturated heterocycles. The number of unbranched alkanes of at least 4 members (excludes halogenated alkanes) is 1. The van der Waals surface area contributed by atoms with E-state index in [1.54, 1.807) is 21.6 Å². The van der Waals surface area contributed by atoms with Crippen molar-refractivity contribution in [3.8, 4) is 0 Å². The molecule has 1 aliphatic rings. The SMILES string of the molecule is CCCN(CCN(CCN(CCCCC(=O)O)CC(=O)O)CC(=O)NCCN1C(=O)CC(C)C1=O)CC(=O)O. The van der Waals surface area contributed by atoms with Crippen molar-refractivity contribution in [1.29, 1.82) is 0 Å². The lowest BCUT2D eigenvalue weighted by Crippen LogP contribution is -2.47. The fourth-order valence-corrected chi connectivity index (χ4v) is 4.34. The molecule has 39 heavy (non-hydrogen) atoms. The van der Waals surface area contributed by atoms with Crippen molar-refractivity contribution in [3.05, 3.63) is 0 Å². The number of aliphatic carboxylic acids is 3. The van der Waals surface area contributed by atoms with Gasteiger partial charge >= 0.3 is 17.9 Å². The molecule has 0 spiro atoms. The third-order valence-corrected chi connectivity index (χ3v) is 6.33. The van der Waals surface area contributed by atoms with Crippen LogP contribution in [0.3, 0.4) is 0 Å². The van der Waals surface area contributed by atoms with Gasteiger partial charge in [-0.05, 0) is 32.4 Å². The maximum Gasteiger partial charge on any atom is 0.317 e. The molecule has 0 aromatic heterocycles. The van der Waals surface area contributed by atoms with Crippen LogP contribution < -0.4 is 5.32 Å². The Morgan fingerprint density at radius 1 is 0.821 bits per heavy atom. The highest BCUT2D eigenvalue weighted by Crippen LogP contribution is 2.17. The first-order valence-electron chi connectivity index (χ1n) is 13.4. The normalized spacial score (nSPS) is 15.5. The summed E-state index contributed by atoms with van der Waals surface area (Å²) in [6.45, 7) is 5.74. The summed E-state index contributed by atoms with van der Waals surface area (Å²) in [5.74, 6) is -4.11. The molecule has 0 aromatic carbocycles. The maximum atomic E-state index is 12.7. The van der Waals surface area contributed by atoms with Crippen molar-refractivity contribution in [2.75, 3.05) is 72.0 Å². The largest absolute Gasteiger partial charge is 0.481 e. The Bertz CT molecular complexity index is 854. The van der Waals surface area contributed by atoms with Gasteiger partial charge in [0.15, 0.2) is 0 Å². The van der Waals surface area contributed by atoms with Gasteiger partial charge in [-0.3, -0.25) is 48.4 Å². The zero-order valence-electron chi connectivity index (χ0n) is 23.0. The van der Waals surface area contributed by atoms with Gasteiger partial charge in [-0.15, -0.1) is 0 Å². The van der Waals surface area contributed by atoms with Gasteiger partial charge in [-0.2, -0.15) is 0 Å². The number of nitrogens with one attached hydrogen (secondary N) is 1. The van der Waals surface area contributed by atoms with Gasteiger partial charge in [-0.1, -0.05) is 13.8 Å². The second kappa shape index (κ2) is 18.2. The number of likely N-dealkylation sites (tertiary alicyclic amines) is 1. The standard InChI is InChI=1S/C25H43N5O9/c1-3-8-27(17-23(35)36)11-13-29(14-12-28(18-24(37)38)9-5-4-6-22(33)34)16-20(31)26-7-10-30-21(32)15-19(2)25(30)39/h19H,3-18H2,1-2H3,(H,26,31)(H,33,34)(H,35,36)(H,37,38). The topological polar surface area (TPSA) is 188 Å². The van der Waals surface area contributed by atoms with E-state index in [1.165, 1.54) is 0 Å². The van der Waals surface area contributed by atoms with Crippen LogP contribution in [0.1, 0.15) is 46.0 Å². The van der Waals surface area contributed by atoms with Gasteiger partial charge in [0.25, 0.3) is 0 Å². The minimum atomic E-state index is -1.02. The number of carboxylic acids is 3. The lowest BCUT2D eigenvalue weighted by molar-refractivity contribution is -0.140. The molecule has 222 valence electrons. The van der Waals surface area contributed by atoms with Crippen LogP contribution in [0.25, 0.3) is 0 Å². The Labute approximate surface area is 228 Å². The number of carboxylic acid groups (broad SMARTS) is 3. The van der Waals surface area contributed by atoms with Crippen molar-refractivity contribution < 1.29 is 44.1 Å². The molecule has 1 rings (SSSR count). The smallest absolute Gasteiger partial charge is 0.317 e. The molecule has 1 atom stereocenters. The summed E-state index contributed by atoms with van der Waals surface area (Å²) in [6, 6.07) is 0. The Hall–Kier alpha value is -3.10. The second-order valence-electron chi connectivity index (χ2n) is 9.81. The number of amides is 3. The summed E-state index contributed by atoms with van der Waals surface area (Å²) in [4.78, 5) is 76.4.